The fourth-order valence-corrected chi connectivity index (χ4v) is 1.75. The Labute approximate surface area is 80.7 Å². The molecule has 0 spiro atoms. The molecule has 3 nitrogen and oxygen atoms in total. The summed E-state index contributed by atoms with van der Waals surface area (Å²) in [7, 11) is 0. The number of hydrogen-bond acceptors (Lipinski definition) is 3. The van der Waals surface area contributed by atoms with Crippen molar-refractivity contribution in [3.8, 4) is 11.8 Å². The lowest BCUT2D eigenvalue weighted by molar-refractivity contribution is 0.333. The maximum absolute atomic E-state index is 8.66. The molecule has 1 heterocycles. The third-order valence-electron chi connectivity index (χ3n) is 2.01. The molecule has 0 fully saturated rings. The number of hydrogen-bond donors (Lipinski definition) is 1. The summed E-state index contributed by atoms with van der Waals surface area (Å²) in [6.45, 7) is 0.434. The minimum Gasteiger partial charge on any atom is -0.491 e. The van der Waals surface area contributed by atoms with Crippen LogP contribution in [0.25, 0.3) is 0 Å². The van der Waals surface area contributed by atoms with Gasteiger partial charge in [-0.15, -0.1) is 0 Å². The van der Waals surface area contributed by atoms with Crippen LogP contribution in [-0.2, 0) is 0 Å². The molecule has 1 aliphatic rings. The van der Waals surface area contributed by atoms with Crippen LogP contribution in [0.15, 0.2) is 12.1 Å². The van der Waals surface area contributed by atoms with Crippen molar-refractivity contribution in [3.05, 3.63) is 28.3 Å². The Morgan fingerprint density at radius 2 is 2.38 bits per heavy atom. The van der Waals surface area contributed by atoms with E-state index in [9.17, 15) is 0 Å². The molecule has 1 aromatic carbocycles. The molecule has 1 atom stereocenters. The first-order valence-electron chi connectivity index (χ1n) is 3.84. The number of nitrogens with two attached hydrogens (primary N) is 1. The van der Waals surface area contributed by atoms with Gasteiger partial charge in [-0.1, -0.05) is 11.6 Å². The highest BCUT2D eigenvalue weighted by atomic mass is 35.5. The average Bonchev–Trinajstić information content (AvgIpc) is 2.48. The molecule has 0 aliphatic carbocycles. The number of ether oxygens (including phenoxy) is 1. The van der Waals surface area contributed by atoms with Crippen LogP contribution in [0.1, 0.15) is 17.2 Å². The summed E-state index contributed by atoms with van der Waals surface area (Å²) < 4.78 is 5.27. The maximum atomic E-state index is 8.66. The van der Waals surface area contributed by atoms with Crippen LogP contribution in [0.5, 0.6) is 5.75 Å². The number of nitrogens with zero attached hydrogens (tertiary/aromatic N) is 1. The number of rotatable bonds is 0. The minimum absolute atomic E-state index is 0.171. The Morgan fingerprint density at radius 1 is 1.62 bits per heavy atom. The molecular formula is C9H7ClN2O. The molecule has 1 unspecified atom stereocenters. The first kappa shape index (κ1) is 8.36. The highest BCUT2D eigenvalue weighted by molar-refractivity contribution is 6.31. The molecule has 0 bridgehead atoms. The number of nitriles is 1. The van der Waals surface area contributed by atoms with Crippen LogP contribution in [0.3, 0.4) is 0 Å². The van der Waals surface area contributed by atoms with Crippen LogP contribution in [0, 0.1) is 11.3 Å². The zero-order chi connectivity index (χ0) is 9.42. The van der Waals surface area contributed by atoms with Gasteiger partial charge in [0.2, 0.25) is 0 Å². The van der Waals surface area contributed by atoms with Gasteiger partial charge in [-0.2, -0.15) is 5.26 Å². The topological polar surface area (TPSA) is 59.0 Å². The first-order valence-corrected chi connectivity index (χ1v) is 4.22. The van der Waals surface area contributed by atoms with Crippen LogP contribution < -0.4 is 10.5 Å². The van der Waals surface area contributed by atoms with Crippen molar-refractivity contribution < 1.29 is 4.74 Å². The number of halogens is 1. The summed E-state index contributed by atoms with van der Waals surface area (Å²) in [5.41, 5.74) is 7.05. The summed E-state index contributed by atoms with van der Waals surface area (Å²) >= 11 is 5.94. The molecule has 2 rings (SSSR count). The van der Waals surface area contributed by atoms with Gasteiger partial charge in [-0.3, -0.25) is 0 Å². The van der Waals surface area contributed by atoms with Crippen molar-refractivity contribution in [2.24, 2.45) is 5.73 Å². The second kappa shape index (κ2) is 2.91. The van der Waals surface area contributed by atoms with Gasteiger partial charge in [0.25, 0.3) is 0 Å². The zero-order valence-corrected chi connectivity index (χ0v) is 7.51. The largest absolute Gasteiger partial charge is 0.491 e. The molecule has 0 amide bonds. The normalized spacial score (nSPS) is 19.0. The SMILES string of the molecule is N#Cc1cc(Cl)c2c(c1)OCC2N. The predicted molar refractivity (Wildman–Crippen MR) is 48.6 cm³/mol. The molecule has 2 N–H and O–H groups in total. The van der Waals surface area contributed by atoms with Crippen molar-refractivity contribution in [1.29, 1.82) is 5.26 Å². The lowest BCUT2D eigenvalue weighted by atomic mass is 10.1. The molecule has 0 radical (unpaired) electrons. The summed E-state index contributed by atoms with van der Waals surface area (Å²) in [5.74, 6) is 0.636. The van der Waals surface area contributed by atoms with Crippen LogP contribution in [0.4, 0.5) is 0 Å². The summed E-state index contributed by atoms with van der Waals surface area (Å²) in [6, 6.07) is 5.10. The fraction of sp³-hybridized carbons (Fsp3) is 0.222. The van der Waals surface area contributed by atoms with E-state index in [0.717, 1.165) is 5.56 Å². The van der Waals surface area contributed by atoms with E-state index in [1.165, 1.54) is 0 Å². The summed E-state index contributed by atoms with van der Waals surface area (Å²) in [4.78, 5) is 0. The smallest absolute Gasteiger partial charge is 0.127 e. The fourth-order valence-electron chi connectivity index (χ4n) is 1.40. The van der Waals surface area contributed by atoms with Crippen molar-refractivity contribution in [2.45, 2.75) is 6.04 Å². The van der Waals surface area contributed by atoms with Gasteiger partial charge in [-0.25, -0.2) is 0 Å². The summed E-state index contributed by atoms with van der Waals surface area (Å²) in [5, 5.41) is 9.18. The van der Waals surface area contributed by atoms with Crippen LogP contribution in [-0.4, -0.2) is 6.61 Å². The second-order valence-corrected chi connectivity index (χ2v) is 3.31. The van der Waals surface area contributed by atoms with E-state index in [0.29, 0.717) is 22.9 Å². The molecule has 0 aromatic heterocycles. The molecule has 4 heteroatoms. The van der Waals surface area contributed by atoms with E-state index in [1.807, 2.05) is 6.07 Å². The lowest BCUT2D eigenvalue weighted by Gasteiger charge is -2.03. The molecular weight excluding hydrogens is 188 g/mol. The zero-order valence-electron chi connectivity index (χ0n) is 6.75. The summed E-state index contributed by atoms with van der Waals surface area (Å²) in [6.07, 6.45) is 0. The predicted octanol–water partition coefficient (Wildman–Crippen LogP) is 1.60. The molecule has 0 saturated heterocycles. The van der Waals surface area contributed by atoms with E-state index in [1.54, 1.807) is 12.1 Å². The Balaban J connectivity index is 2.61. The highest BCUT2D eigenvalue weighted by Gasteiger charge is 2.24. The third-order valence-corrected chi connectivity index (χ3v) is 2.32. The van der Waals surface area contributed by atoms with Crippen molar-refractivity contribution in [1.82, 2.24) is 0 Å². The molecule has 66 valence electrons. The Morgan fingerprint density at radius 3 is 3.08 bits per heavy atom. The third kappa shape index (κ3) is 1.24. The van der Waals surface area contributed by atoms with Crippen LogP contribution >= 0.6 is 11.6 Å². The minimum atomic E-state index is -0.171. The average molecular weight is 195 g/mol. The standard InChI is InChI=1S/C9H7ClN2O/c10-6-1-5(3-11)2-8-9(6)7(12)4-13-8/h1-2,7H,4,12H2. The Bertz CT molecular complexity index is 397. The van der Waals surface area contributed by atoms with Gasteiger partial charge >= 0.3 is 0 Å². The molecule has 13 heavy (non-hydrogen) atoms. The number of benzene rings is 1. The van der Waals surface area contributed by atoms with E-state index < -0.39 is 0 Å². The molecule has 0 saturated carbocycles. The highest BCUT2D eigenvalue weighted by Crippen LogP contribution is 2.37. The van der Waals surface area contributed by atoms with Gasteiger partial charge in [0, 0.05) is 5.56 Å². The van der Waals surface area contributed by atoms with Gasteiger partial charge in [0.05, 0.1) is 22.7 Å². The van der Waals surface area contributed by atoms with E-state index in [-0.39, 0.29) is 6.04 Å². The van der Waals surface area contributed by atoms with Gasteiger partial charge in [-0.05, 0) is 12.1 Å². The van der Waals surface area contributed by atoms with E-state index in [4.69, 9.17) is 27.3 Å². The number of fused-ring (bicyclic) bond motifs is 1. The lowest BCUT2D eigenvalue weighted by Crippen LogP contribution is -2.11. The van der Waals surface area contributed by atoms with E-state index in [2.05, 4.69) is 0 Å². The second-order valence-electron chi connectivity index (χ2n) is 2.90. The van der Waals surface area contributed by atoms with Crippen molar-refractivity contribution in [2.75, 3.05) is 6.61 Å². The van der Waals surface area contributed by atoms with E-state index >= 15 is 0 Å². The van der Waals surface area contributed by atoms with Crippen molar-refractivity contribution in [3.63, 3.8) is 0 Å². The first-order chi connectivity index (χ1) is 6.22. The van der Waals surface area contributed by atoms with Gasteiger partial charge in [0.1, 0.15) is 12.4 Å². The van der Waals surface area contributed by atoms with Crippen molar-refractivity contribution >= 4 is 11.6 Å². The molecule has 1 aliphatic heterocycles. The van der Waals surface area contributed by atoms with Gasteiger partial charge < -0.3 is 10.5 Å². The monoisotopic (exact) mass is 194 g/mol. The quantitative estimate of drug-likeness (QED) is 0.683. The Kier molecular flexibility index (Phi) is 1.87. The maximum Gasteiger partial charge on any atom is 0.127 e. The van der Waals surface area contributed by atoms with Gasteiger partial charge in [0.15, 0.2) is 0 Å². The Hall–Kier alpha value is -1.24. The van der Waals surface area contributed by atoms with Crippen LogP contribution in [0.2, 0.25) is 5.02 Å². The molecule has 1 aromatic rings.